The zero-order chi connectivity index (χ0) is 22.7. The van der Waals surface area contributed by atoms with Crippen molar-refractivity contribution in [3.05, 3.63) is 60.2 Å². The van der Waals surface area contributed by atoms with Gasteiger partial charge in [0.25, 0.3) is 0 Å². The van der Waals surface area contributed by atoms with Gasteiger partial charge in [-0.2, -0.15) is 0 Å². The van der Waals surface area contributed by atoms with Crippen LogP contribution in [0.4, 0.5) is 0 Å². The van der Waals surface area contributed by atoms with Gasteiger partial charge in [0.15, 0.2) is 0 Å². The van der Waals surface area contributed by atoms with Gasteiger partial charge in [0.2, 0.25) is 0 Å². The zero-order valence-electron chi connectivity index (χ0n) is 18.4. The Morgan fingerprint density at radius 2 is 0.969 bits per heavy atom. The summed E-state index contributed by atoms with van der Waals surface area (Å²) in [4.78, 5) is 31.3. The van der Waals surface area contributed by atoms with E-state index in [1.54, 1.807) is 49.1 Å². The fourth-order valence-corrected chi connectivity index (χ4v) is 5.12. The lowest BCUT2D eigenvalue weighted by atomic mass is 10.2. The molecule has 0 saturated carbocycles. The number of hydrogen-bond donors (Lipinski definition) is 0. The number of ether oxygens (including phenoxy) is 2. The first-order chi connectivity index (χ1) is 15.8. The molecule has 0 bridgehead atoms. The molecule has 0 saturated heterocycles. The molecule has 2 rings (SSSR count). The monoisotopic (exact) mass is 476 g/mol. The lowest BCUT2D eigenvalue weighted by Gasteiger charge is -2.05. The summed E-state index contributed by atoms with van der Waals surface area (Å²) >= 11 is 0. The molecule has 0 aliphatic carbocycles. The van der Waals surface area contributed by atoms with Crippen LogP contribution in [-0.4, -0.2) is 46.6 Å². The predicted molar refractivity (Wildman–Crippen MR) is 131 cm³/mol. The summed E-state index contributed by atoms with van der Waals surface area (Å²) in [5.41, 5.74) is 1.11. The average molecular weight is 477 g/mol. The number of hydrogen-bond acceptors (Lipinski definition) is 8. The molecule has 0 amide bonds. The van der Waals surface area contributed by atoms with Gasteiger partial charge < -0.3 is 9.47 Å². The van der Waals surface area contributed by atoms with Gasteiger partial charge in [-0.3, -0.25) is 9.97 Å². The summed E-state index contributed by atoms with van der Waals surface area (Å²) in [5.74, 6) is 1.77. The van der Waals surface area contributed by atoms with Crippen LogP contribution in [0.1, 0.15) is 72.1 Å². The van der Waals surface area contributed by atoms with E-state index in [1.807, 2.05) is 21.6 Å². The van der Waals surface area contributed by atoms with Gasteiger partial charge in [0, 0.05) is 36.3 Å². The molecule has 0 spiro atoms. The van der Waals surface area contributed by atoms with Gasteiger partial charge in [-0.25, -0.2) is 9.59 Å². The molecule has 0 radical (unpaired) electrons. The van der Waals surface area contributed by atoms with E-state index in [1.165, 1.54) is 25.7 Å². The number of unbranched alkanes of at least 4 members (excludes halogenated alkanes) is 6. The van der Waals surface area contributed by atoms with Gasteiger partial charge in [-0.1, -0.05) is 47.3 Å². The maximum atomic E-state index is 11.8. The summed E-state index contributed by atoms with van der Waals surface area (Å²) < 4.78 is 10.5. The number of carbonyl (C=O) groups is 2. The first-order valence-corrected chi connectivity index (χ1v) is 13.6. The molecule has 174 valence electrons. The topological polar surface area (TPSA) is 78.4 Å². The maximum absolute atomic E-state index is 11.8. The molecular formula is C24H32N2O4S2. The van der Waals surface area contributed by atoms with Crippen molar-refractivity contribution in [3.63, 3.8) is 0 Å². The Morgan fingerprint density at radius 1 is 0.594 bits per heavy atom. The van der Waals surface area contributed by atoms with Crippen molar-refractivity contribution < 1.29 is 19.1 Å². The van der Waals surface area contributed by atoms with E-state index in [0.29, 0.717) is 24.3 Å². The standard InChI is InChI=1S/C24H32N2O4S2/c27-23(21-9-13-25-14-10-21)29-17-5-1-3-7-19-31-32-20-8-4-2-6-18-30-24(28)22-11-15-26-16-12-22/h9-16H,1-8,17-20H2. The minimum absolute atomic E-state index is 0.273. The molecule has 0 aliphatic heterocycles. The third-order valence-electron chi connectivity index (χ3n) is 4.63. The normalized spacial score (nSPS) is 10.6. The van der Waals surface area contributed by atoms with Crippen molar-refractivity contribution in [3.8, 4) is 0 Å². The van der Waals surface area contributed by atoms with E-state index >= 15 is 0 Å². The Balaban J connectivity index is 1.29. The van der Waals surface area contributed by atoms with E-state index in [0.717, 1.165) is 37.2 Å². The van der Waals surface area contributed by atoms with E-state index < -0.39 is 0 Å². The maximum Gasteiger partial charge on any atom is 0.338 e. The molecule has 0 fully saturated rings. The van der Waals surface area contributed by atoms with Crippen LogP contribution in [0.15, 0.2) is 49.1 Å². The van der Waals surface area contributed by atoms with Gasteiger partial charge in [-0.15, -0.1) is 0 Å². The molecule has 8 heteroatoms. The van der Waals surface area contributed by atoms with Gasteiger partial charge in [-0.05, 0) is 49.9 Å². The smallest absolute Gasteiger partial charge is 0.338 e. The van der Waals surface area contributed by atoms with Crippen LogP contribution in [0.25, 0.3) is 0 Å². The number of pyridine rings is 2. The van der Waals surface area contributed by atoms with Crippen LogP contribution in [0.2, 0.25) is 0 Å². The zero-order valence-corrected chi connectivity index (χ0v) is 20.1. The van der Waals surface area contributed by atoms with Crippen LogP contribution in [0, 0.1) is 0 Å². The minimum atomic E-state index is -0.273. The highest BCUT2D eigenvalue weighted by Crippen LogP contribution is 2.24. The molecule has 0 unspecified atom stereocenters. The van der Waals surface area contributed by atoms with Crippen LogP contribution in [0.5, 0.6) is 0 Å². The van der Waals surface area contributed by atoms with E-state index in [9.17, 15) is 9.59 Å². The number of carbonyl (C=O) groups excluding carboxylic acids is 2. The molecule has 0 aromatic carbocycles. The van der Waals surface area contributed by atoms with E-state index in [2.05, 4.69) is 9.97 Å². The van der Waals surface area contributed by atoms with Crippen molar-refractivity contribution in [1.29, 1.82) is 0 Å². The average Bonchev–Trinajstić information content (AvgIpc) is 2.84. The molecule has 6 nitrogen and oxygen atoms in total. The summed E-state index contributed by atoms with van der Waals surface area (Å²) in [7, 11) is 3.88. The molecule has 2 aromatic heterocycles. The number of nitrogens with zero attached hydrogens (tertiary/aromatic N) is 2. The van der Waals surface area contributed by atoms with Gasteiger partial charge in [0.1, 0.15) is 0 Å². The van der Waals surface area contributed by atoms with Crippen LogP contribution in [0.3, 0.4) is 0 Å². The number of rotatable bonds is 17. The molecule has 0 atom stereocenters. The van der Waals surface area contributed by atoms with E-state index in [-0.39, 0.29) is 11.9 Å². The highest BCUT2D eigenvalue weighted by atomic mass is 33.1. The summed E-state index contributed by atoms with van der Waals surface area (Å²) in [5, 5.41) is 0. The van der Waals surface area contributed by atoms with Gasteiger partial charge >= 0.3 is 11.9 Å². The third kappa shape index (κ3) is 12.1. The second-order valence-electron chi connectivity index (χ2n) is 7.22. The molecular weight excluding hydrogens is 444 g/mol. The predicted octanol–water partition coefficient (Wildman–Crippen LogP) is 5.99. The van der Waals surface area contributed by atoms with Crippen LogP contribution in [-0.2, 0) is 9.47 Å². The molecule has 0 N–H and O–H groups in total. The second kappa shape index (κ2) is 17.5. The van der Waals surface area contributed by atoms with Crippen molar-refractivity contribution >= 4 is 33.5 Å². The van der Waals surface area contributed by atoms with Gasteiger partial charge in [0.05, 0.1) is 24.3 Å². The van der Waals surface area contributed by atoms with E-state index in [4.69, 9.17) is 9.47 Å². The molecule has 0 aliphatic rings. The Labute approximate surface area is 198 Å². The molecule has 32 heavy (non-hydrogen) atoms. The molecule has 2 aromatic rings. The summed E-state index contributed by atoms with van der Waals surface area (Å²) in [6.45, 7) is 0.956. The second-order valence-corrected chi connectivity index (χ2v) is 9.92. The lowest BCUT2D eigenvalue weighted by molar-refractivity contribution is 0.0488. The number of aromatic nitrogens is 2. The van der Waals surface area contributed by atoms with Crippen LogP contribution >= 0.6 is 21.6 Å². The van der Waals surface area contributed by atoms with Crippen molar-refractivity contribution in [2.45, 2.75) is 51.4 Å². The largest absolute Gasteiger partial charge is 0.462 e. The third-order valence-corrected chi connectivity index (χ3v) is 7.20. The fourth-order valence-electron chi connectivity index (χ4n) is 2.82. The highest BCUT2D eigenvalue weighted by Gasteiger charge is 2.06. The molecule has 2 heterocycles. The van der Waals surface area contributed by atoms with Crippen molar-refractivity contribution in [1.82, 2.24) is 9.97 Å². The summed E-state index contributed by atoms with van der Waals surface area (Å²) in [6, 6.07) is 6.66. The Hall–Kier alpha value is -2.06. The Kier molecular flexibility index (Phi) is 14.3. The van der Waals surface area contributed by atoms with Crippen molar-refractivity contribution in [2.75, 3.05) is 24.7 Å². The first kappa shape index (κ1) is 26.2. The quantitative estimate of drug-likeness (QED) is 0.156. The minimum Gasteiger partial charge on any atom is -0.462 e. The van der Waals surface area contributed by atoms with Crippen molar-refractivity contribution in [2.24, 2.45) is 0 Å². The Morgan fingerprint density at radius 3 is 1.38 bits per heavy atom. The summed E-state index contributed by atoms with van der Waals surface area (Å²) in [6.07, 6.45) is 15.1. The fraction of sp³-hybridized carbons (Fsp3) is 0.500. The van der Waals surface area contributed by atoms with Crippen LogP contribution < -0.4 is 0 Å². The Bertz CT molecular complexity index is 698. The highest BCUT2D eigenvalue weighted by molar-refractivity contribution is 8.76. The SMILES string of the molecule is O=C(OCCCCCCSSCCCCCCOC(=O)c1ccncc1)c1ccncc1. The lowest BCUT2D eigenvalue weighted by Crippen LogP contribution is -2.06. The number of esters is 2. The first-order valence-electron chi connectivity index (χ1n) is 11.2.